The molecule has 0 bridgehead atoms. The number of rotatable bonds is 8. The Bertz CT molecular complexity index is 952. The minimum atomic E-state index is -0.769. The zero-order valence-electron chi connectivity index (χ0n) is 19.0. The Balaban J connectivity index is 1.41. The van der Waals surface area contributed by atoms with E-state index in [2.05, 4.69) is 5.32 Å². The van der Waals surface area contributed by atoms with Crippen molar-refractivity contribution >= 4 is 18.0 Å². The zero-order chi connectivity index (χ0) is 23.6. The molecule has 176 valence electrons. The highest BCUT2D eigenvalue weighted by molar-refractivity contribution is 5.94. The smallest absolute Gasteiger partial charge is 0.497 e. The fraction of sp³-hybridized carbons (Fsp3) is 0.400. The van der Waals surface area contributed by atoms with Crippen LogP contribution in [0.3, 0.4) is 0 Å². The van der Waals surface area contributed by atoms with Gasteiger partial charge in [-0.05, 0) is 67.6 Å². The van der Waals surface area contributed by atoms with Crippen LogP contribution in [0.4, 0.5) is 4.79 Å². The van der Waals surface area contributed by atoms with Crippen LogP contribution in [0, 0.1) is 5.92 Å². The molecule has 2 aromatic rings. The average Bonchev–Trinajstić information content (AvgIpc) is 2.83. The van der Waals surface area contributed by atoms with E-state index in [1.807, 2.05) is 29.2 Å². The molecule has 1 aliphatic rings. The van der Waals surface area contributed by atoms with Gasteiger partial charge in [-0.2, -0.15) is 0 Å². The molecule has 1 saturated heterocycles. The number of piperidine rings is 1. The van der Waals surface area contributed by atoms with Crippen LogP contribution in [-0.4, -0.2) is 56.2 Å². The number of carbonyl (C=O) groups is 3. The molecule has 0 spiro atoms. The molecule has 8 nitrogen and oxygen atoms in total. The van der Waals surface area contributed by atoms with E-state index in [-0.39, 0.29) is 18.4 Å². The van der Waals surface area contributed by atoms with E-state index in [0.29, 0.717) is 43.3 Å². The molecule has 0 atom stereocenters. The number of hydrogen-bond acceptors (Lipinski definition) is 6. The number of benzene rings is 2. The van der Waals surface area contributed by atoms with Crippen LogP contribution >= 0.6 is 0 Å². The van der Waals surface area contributed by atoms with Crippen molar-refractivity contribution in [3.05, 3.63) is 59.7 Å². The molecular formula is C25H30N2O6. The van der Waals surface area contributed by atoms with Crippen molar-refractivity contribution in [2.75, 3.05) is 33.4 Å². The van der Waals surface area contributed by atoms with Gasteiger partial charge in [-0.25, -0.2) is 4.79 Å². The summed E-state index contributed by atoms with van der Waals surface area (Å²) < 4.78 is 14.9. The quantitative estimate of drug-likeness (QED) is 0.485. The van der Waals surface area contributed by atoms with Gasteiger partial charge in [0.05, 0.1) is 20.1 Å². The molecule has 0 aromatic heterocycles. The largest absolute Gasteiger partial charge is 0.513 e. The molecule has 1 aliphatic heterocycles. The maximum Gasteiger partial charge on any atom is 0.513 e. The molecule has 1 fully saturated rings. The summed E-state index contributed by atoms with van der Waals surface area (Å²) in [5, 5.41) is 3.01. The molecule has 1 N–H and O–H groups in total. The molecule has 8 heteroatoms. The lowest BCUT2D eigenvalue weighted by molar-refractivity contribution is -0.120. The van der Waals surface area contributed by atoms with Crippen molar-refractivity contribution in [1.29, 1.82) is 0 Å². The molecule has 0 radical (unpaired) electrons. The molecule has 0 saturated carbocycles. The lowest BCUT2D eigenvalue weighted by Gasteiger charge is -2.32. The second kappa shape index (κ2) is 11.9. The first-order valence-corrected chi connectivity index (χ1v) is 11.1. The maximum absolute atomic E-state index is 12.8. The minimum absolute atomic E-state index is 0.0214. The Morgan fingerprint density at radius 1 is 1.03 bits per heavy atom. The SMILES string of the molecule is CCOC(=O)Oc1ccc(C(=O)N2CCC(CNC(=O)Cc3cccc(OC)c3)CC2)cc1. The number of nitrogens with zero attached hydrogens (tertiary/aromatic N) is 1. The molecule has 0 unspecified atom stereocenters. The number of amides is 2. The topological polar surface area (TPSA) is 94.2 Å². The second-order valence-electron chi connectivity index (χ2n) is 7.88. The third kappa shape index (κ3) is 7.24. The summed E-state index contributed by atoms with van der Waals surface area (Å²) >= 11 is 0. The van der Waals surface area contributed by atoms with Gasteiger partial charge in [-0.3, -0.25) is 9.59 Å². The average molecular weight is 455 g/mol. The lowest BCUT2D eigenvalue weighted by Crippen LogP contribution is -2.41. The van der Waals surface area contributed by atoms with Gasteiger partial charge in [0.15, 0.2) is 0 Å². The first kappa shape index (κ1) is 24.1. The van der Waals surface area contributed by atoms with Crippen LogP contribution in [-0.2, 0) is 16.0 Å². The normalized spacial score (nSPS) is 13.8. The van der Waals surface area contributed by atoms with Crippen molar-refractivity contribution in [2.45, 2.75) is 26.2 Å². The molecular weight excluding hydrogens is 424 g/mol. The summed E-state index contributed by atoms with van der Waals surface area (Å²) in [7, 11) is 1.60. The first-order chi connectivity index (χ1) is 16.0. The molecule has 2 amide bonds. The van der Waals surface area contributed by atoms with Gasteiger partial charge >= 0.3 is 6.16 Å². The Hall–Kier alpha value is -3.55. The van der Waals surface area contributed by atoms with Gasteiger partial charge in [0.2, 0.25) is 5.91 Å². The molecule has 1 heterocycles. The van der Waals surface area contributed by atoms with Crippen molar-refractivity contribution in [3.8, 4) is 11.5 Å². The van der Waals surface area contributed by atoms with Gasteiger partial charge in [0.25, 0.3) is 5.91 Å². The van der Waals surface area contributed by atoms with E-state index in [4.69, 9.17) is 14.2 Å². The van der Waals surface area contributed by atoms with Crippen LogP contribution in [0.2, 0.25) is 0 Å². The highest BCUT2D eigenvalue weighted by Gasteiger charge is 2.24. The number of hydrogen-bond donors (Lipinski definition) is 1. The number of ether oxygens (including phenoxy) is 3. The highest BCUT2D eigenvalue weighted by Crippen LogP contribution is 2.20. The summed E-state index contributed by atoms with van der Waals surface area (Å²) in [6.07, 6.45) is 1.20. The van der Waals surface area contributed by atoms with Crippen LogP contribution in [0.25, 0.3) is 0 Å². The molecule has 2 aromatic carbocycles. The Morgan fingerprint density at radius 3 is 2.42 bits per heavy atom. The summed E-state index contributed by atoms with van der Waals surface area (Å²) in [6, 6.07) is 13.9. The van der Waals surface area contributed by atoms with Gasteiger partial charge in [0, 0.05) is 25.2 Å². The molecule has 3 rings (SSSR count). The van der Waals surface area contributed by atoms with E-state index in [9.17, 15) is 14.4 Å². The summed E-state index contributed by atoms with van der Waals surface area (Å²) in [5.74, 6) is 1.32. The maximum atomic E-state index is 12.8. The Kier molecular flexibility index (Phi) is 8.69. The predicted octanol–water partition coefficient (Wildman–Crippen LogP) is 3.44. The van der Waals surface area contributed by atoms with E-state index in [1.54, 1.807) is 38.3 Å². The van der Waals surface area contributed by atoms with E-state index >= 15 is 0 Å². The summed E-state index contributed by atoms with van der Waals surface area (Å²) in [4.78, 5) is 38.3. The monoisotopic (exact) mass is 454 g/mol. The van der Waals surface area contributed by atoms with Crippen molar-refractivity contribution in [1.82, 2.24) is 10.2 Å². The van der Waals surface area contributed by atoms with E-state index < -0.39 is 6.16 Å². The molecule has 0 aliphatic carbocycles. The molecule has 33 heavy (non-hydrogen) atoms. The van der Waals surface area contributed by atoms with Gasteiger partial charge in [-0.15, -0.1) is 0 Å². The summed E-state index contributed by atoms with van der Waals surface area (Å²) in [6.45, 7) is 3.80. The van der Waals surface area contributed by atoms with Gasteiger partial charge in [0.1, 0.15) is 11.5 Å². The Labute approximate surface area is 193 Å². The number of likely N-dealkylation sites (tertiary alicyclic amines) is 1. The third-order valence-corrected chi connectivity index (χ3v) is 5.55. The lowest BCUT2D eigenvalue weighted by atomic mass is 9.96. The van der Waals surface area contributed by atoms with E-state index in [1.165, 1.54) is 0 Å². The summed E-state index contributed by atoms with van der Waals surface area (Å²) in [5.41, 5.74) is 1.45. The highest BCUT2D eigenvalue weighted by atomic mass is 16.7. The Morgan fingerprint density at radius 2 is 1.76 bits per heavy atom. The second-order valence-corrected chi connectivity index (χ2v) is 7.88. The number of nitrogens with one attached hydrogen (secondary N) is 1. The fourth-order valence-corrected chi connectivity index (χ4v) is 3.72. The van der Waals surface area contributed by atoms with Crippen molar-refractivity contribution in [2.24, 2.45) is 5.92 Å². The van der Waals surface area contributed by atoms with Crippen LogP contribution in [0.1, 0.15) is 35.7 Å². The van der Waals surface area contributed by atoms with Crippen LogP contribution in [0.5, 0.6) is 11.5 Å². The minimum Gasteiger partial charge on any atom is -0.497 e. The van der Waals surface area contributed by atoms with Crippen molar-refractivity contribution < 1.29 is 28.6 Å². The number of methoxy groups -OCH3 is 1. The first-order valence-electron chi connectivity index (χ1n) is 11.1. The van der Waals surface area contributed by atoms with Gasteiger partial charge < -0.3 is 24.4 Å². The van der Waals surface area contributed by atoms with Gasteiger partial charge in [-0.1, -0.05) is 12.1 Å². The number of carbonyl (C=O) groups excluding carboxylic acids is 3. The standard InChI is InChI=1S/C25H30N2O6/c1-3-32-25(30)33-21-9-7-20(8-10-21)24(29)27-13-11-18(12-14-27)17-26-23(28)16-19-5-4-6-22(15-19)31-2/h4-10,15,18H,3,11-14,16-17H2,1-2H3,(H,26,28). The van der Waals surface area contributed by atoms with Crippen LogP contribution in [0.15, 0.2) is 48.5 Å². The van der Waals surface area contributed by atoms with Crippen molar-refractivity contribution in [3.63, 3.8) is 0 Å². The predicted molar refractivity (Wildman–Crippen MR) is 122 cm³/mol. The van der Waals surface area contributed by atoms with E-state index in [0.717, 1.165) is 24.2 Å². The third-order valence-electron chi connectivity index (χ3n) is 5.55. The zero-order valence-corrected chi connectivity index (χ0v) is 19.0. The van der Waals surface area contributed by atoms with Crippen LogP contribution < -0.4 is 14.8 Å². The fourth-order valence-electron chi connectivity index (χ4n) is 3.72.